The molecule has 0 bridgehead atoms. The van der Waals surface area contributed by atoms with E-state index in [0.717, 1.165) is 27.7 Å². The minimum atomic E-state index is 0.217. The molecule has 0 unspecified atom stereocenters. The Kier molecular flexibility index (Phi) is 3.01. The van der Waals surface area contributed by atoms with E-state index in [4.69, 9.17) is 10.5 Å². The Balaban J connectivity index is 1.91. The summed E-state index contributed by atoms with van der Waals surface area (Å²) >= 11 is 0. The SMILES string of the molecule is COc1cccc(Nc2nc(N)nc3[nH]c4ccccc4c23)c1. The van der Waals surface area contributed by atoms with Gasteiger partial charge in [0.05, 0.1) is 12.5 Å². The molecule has 4 rings (SSSR count). The zero-order valence-electron chi connectivity index (χ0n) is 12.5. The van der Waals surface area contributed by atoms with E-state index in [0.29, 0.717) is 11.5 Å². The first-order valence-electron chi connectivity index (χ1n) is 7.19. The lowest BCUT2D eigenvalue weighted by atomic mass is 10.2. The highest BCUT2D eigenvalue weighted by molar-refractivity contribution is 6.11. The molecule has 0 amide bonds. The molecule has 0 aliphatic carbocycles. The van der Waals surface area contributed by atoms with Crippen molar-refractivity contribution >= 4 is 39.4 Å². The topological polar surface area (TPSA) is 88.8 Å². The van der Waals surface area contributed by atoms with E-state index < -0.39 is 0 Å². The summed E-state index contributed by atoms with van der Waals surface area (Å²) in [5.74, 6) is 1.65. The van der Waals surface area contributed by atoms with E-state index >= 15 is 0 Å². The number of ether oxygens (including phenoxy) is 1. The number of para-hydroxylation sites is 1. The minimum Gasteiger partial charge on any atom is -0.497 e. The molecule has 0 fully saturated rings. The highest BCUT2D eigenvalue weighted by Gasteiger charge is 2.13. The molecular formula is C17H15N5O. The summed E-state index contributed by atoms with van der Waals surface area (Å²) in [6.07, 6.45) is 0. The summed E-state index contributed by atoms with van der Waals surface area (Å²) in [4.78, 5) is 11.9. The van der Waals surface area contributed by atoms with Crippen LogP contribution in [0.5, 0.6) is 5.75 Å². The lowest BCUT2D eigenvalue weighted by Crippen LogP contribution is -2.01. The van der Waals surface area contributed by atoms with E-state index in [1.165, 1.54) is 0 Å². The van der Waals surface area contributed by atoms with Crippen LogP contribution in [0.2, 0.25) is 0 Å². The molecule has 4 aromatic rings. The third-order valence-corrected chi connectivity index (χ3v) is 3.71. The maximum Gasteiger partial charge on any atom is 0.224 e. The lowest BCUT2D eigenvalue weighted by molar-refractivity contribution is 0.415. The van der Waals surface area contributed by atoms with Crippen LogP contribution in [0.4, 0.5) is 17.5 Å². The molecule has 0 saturated carbocycles. The first-order valence-corrected chi connectivity index (χ1v) is 7.19. The van der Waals surface area contributed by atoms with E-state index in [1.807, 2.05) is 48.5 Å². The van der Waals surface area contributed by atoms with E-state index in [2.05, 4.69) is 20.3 Å². The summed E-state index contributed by atoms with van der Waals surface area (Å²) in [7, 11) is 1.64. The van der Waals surface area contributed by atoms with Crippen molar-refractivity contribution in [3.63, 3.8) is 0 Å². The van der Waals surface area contributed by atoms with Crippen molar-refractivity contribution in [3.05, 3.63) is 48.5 Å². The van der Waals surface area contributed by atoms with Gasteiger partial charge in [0.15, 0.2) is 0 Å². The Hall–Kier alpha value is -3.28. The van der Waals surface area contributed by atoms with Crippen LogP contribution in [-0.2, 0) is 0 Å². The molecule has 23 heavy (non-hydrogen) atoms. The smallest absolute Gasteiger partial charge is 0.224 e. The van der Waals surface area contributed by atoms with Crippen LogP contribution in [0.25, 0.3) is 21.9 Å². The Morgan fingerprint density at radius 2 is 1.96 bits per heavy atom. The van der Waals surface area contributed by atoms with Gasteiger partial charge >= 0.3 is 0 Å². The number of fused-ring (bicyclic) bond motifs is 3. The van der Waals surface area contributed by atoms with Crippen molar-refractivity contribution in [2.45, 2.75) is 0 Å². The highest BCUT2D eigenvalue weighted by atomic mass is 16.5. The molecule has 0 radical (unpaired) electrons. The fourth-order valence-electron chi connectivity index (χ4n) is 2.69. The van der Waals surface area contributed by atoms with Gasteiger partial charge in [0.25, 0.3) is 0 Å². The van der Waals surface area contributed by atoms with E-state index in [-0.39, 0.29) is 5.95 Å². The Morgan fingerprint density at radius 1 is 1.09 bits per heavy atom. The van der Waals surface area contributed by atoms with Crippen molar-refractivity contribution < 1.29 is 4.74 Å². The monoisotopic (exact) mass is 305 g/mol. The predicted molar refractivity (Wildman–Crippen MR) is 92.1 cm³/mol. The minimum absolute atomic E-state index is 0.217. The third-order valence-electron chi connectivity index (χ3n) is 3.71. The summed E-state index contributed by atoms with van der Waals surface area (Å²) < 4.78 is 5.26. The van der Waals surface area contributed by atoms with Crippen LogP contribution in [0.1, 0.15) is 0 Å². The number of H-pyrrole nitrogens is 1. The number of nitrogens with one attached hydrogen (secondary N) is 2. The van der Waals surface area contributed by atoms with E-state index in [1.54, 1.807) is 7.11 Å². The number of hydrogen-bond acceptors (Lipinski definition) is 5. The van der Waals surface area contributed by atoms with Crippen molar-refractivity contribution in [1.82, 2.24) is 15.0 Å². The first-order chi connectivity index (χ1) is 11.2. The lowest BCUT2D eigenvalue weighted by Gasteiger charge is -2.09. The standard InChI is InChI=1S/C17H15N5O/c1-23-11-6-4-5-10(9-11)19-15-14-12-7-2-3-8-13(12)20-16(14)22-17(18)21-15/h2-9H,1H3,(H4,18,19,20,21,22). The van der Waals surface area contributed by atoms with Gasteiger partial charge in [-0.3, -0.25) is 0 Å². The largest absolute Gasteiger partial charge is 0.497 e. The molecule has 4 N–H and O–H groups in total. The zero-order valence-corrected chi connectivity index (χ0v) is 12.5. The molecule has 114 valence electrons. The molecule has 6 heteroatoms. The van der Waals surface area contributed by atoms with Gasteiger partial charge in [-0.05, 0) is 18.2 Å². The number of nitrogens with two attached hydrogens (primary N) is 1. The Labute approximate surface area is 132 Å². The quantitative estimate of drug-likeness (QED) is 0.539. The van der Waals surface area contributed by atoms with Gasteiger partial charge in [0, 0.05) is 22.7 Å². The maximum absolute atomic E-state index is 5.85. The van der Waals surface area contributed by atoms with Gasteiger partial charge in [-0.15, -0.1) is 0 Å². The molecule has 0 aliphatic rings. The number of benzene rings is 2. The van der Waals surface area contributed by atoms with Crippen LogP contribution >= 0.6 is 0 Å². The number of hydrogen-bond donors (Lipinski definition) is 3. The van der Waals surface area contributed by atoms with Crippen LogP contribution in [-0.4, -0.2) is 22.1 Å². The van der Waals surface area contributed by atoms with Gasteiger partial charge in [-0.25, -0.2) is 0 Å². The van der Waals surface area contributed by atoms with Crippen LogP contribution in [0.15, 0.2) is 48.5 Å². The predicted octanol–water partition coefficient (Wildman–Crippen LogP) is 3.45. The average Bonchev–Trinajstić information content (AvgIpc) is 2.93. The van der Waals surface area contributed by atoms with Gasteiger partial charge < -0.3 is 20.8 Å². The summed E-state index contributed by atoms with van der Waals surface area (Å²) in [5.41, 5.74) is 8.43. The fourth-order valence-corrected chi connectivity index (χ4v) is 2.69. The van der Waals surface area contributed by atoms with Gasteiger partial charge in [-0.1, -0.05) is 24.3 Å². The maximum atomic E-state index is 5.85. The molecule has 6 nitrogen and oxygen atoms in total. The average molecular weight is 305 g/mol. The summed E-state index contributed by atoms with van der Waals surface area (Å²) in [6, 6.07) is 15.7. The highest BCUT2D eigenvalue weighted by Crippen LogP contribution is 2.32. The number of rotatable bonds is 3. The normalized spacial score (nSPS) is 11.0. The number of anilines is 3. The molecule has 2 aromatic carbocycles. The van der Waals surface area contributed by atoms with Gasteiger partial charge in [-0.2, -0.15) is 9.97 Å². The Bertz CT molecular complexity index is 1010. The van der Waals surface area contributed by atoms with Crippen molar-refractivity contribution in [2.24, 2.45) is 0 Å². The number of nitrogen functional groups attached to an aromatic ring is 1. The molecule has 2 aromatic heterocycles. The van der Waals surface area contributed by atoms with Crippen molar-refractivity contribution in [1.29, 1.82) is 0 Å². The number of methoxy groups -OCH3 is 1. The second-order valence-corrected chi connectivity index (χ2v) is 5.18. The number of nitrogens with zero attached hydrogens (tertiary/aromatic N) is 2. The third kappa shape index (κ3) is 2.30. The zero-order chi connectivity index (χ0) is 15.8. The van der Waals surface area contributed by atoms with Crippen LogP contribution in [0.3, 0.4) is 0 Å². The number of aromatic nitrogens is 3. The van der Waals surface area contributed by atoms with Gasteiger partial charge in [0.1, 0.15) is 17.2 Å². The van der Waals surface area contributed by atoms with Crippen LogP contribution in [0, 0.1) is 0 Å². The first kappa shape index (κ1) is 13.4. The van der Waals surface area contributed by atoms with Gasteiger partial charge in [0.2, 0.25) is 5.95 Å². The fraction of sp³-hybridized carbons (Fsp3) is 0.0588. The Morgan fingerprint density at radius 3 is 2.83 bits per heavy atom. The molecule has 0 atom stereocenters. The second-order valence-electron chi connectivity index (χ2n) is 5.18. The molecule has 0 saturated heterocycles. The summed E-state index contributed by atoms with van der Waals surface area (Å²) in [6.45, 7) is 0. The molecule has 0 aliphatic heterocycles. The molecule has 2 heterocycles. The number of aromatic amines is 1. The van der Waals surface area contributed by atoms with Crippen molar-refractivity contribution in [3.8, 4) is 5.75 Å². The second kappa shape index (κ2) is 5.17. The summed E-state index contributed by atoms with van der Waals surface area (Å²) in [5, 5.41) is 5.27. The van der Waals surface area contributed by atoms with Crippen LogP contribution < -0.4 is 15.8 Å². The molecular weight excluding hydrogens is 290 g/mol. The van der Waals surface area contributed by atoms with E-state index in [9.17, 15) is 0 Å². The van der Waals surface area contributed by atoms with Crippen molar-refractivity contribution in [2.75, 3.05) is 18.2 Å². The molecule has 0 spiro atoms.